The Morgan fingerprint density at radius 2 is 1.96 bits per heavy atom. The number of thiophene rings is 2. The number of nitrogens with zero attached hydrogens (tertiary/aromatic N) is 2. The average Bonchev–Trinajstić information content (AvgIpc) is 3.35. The number of aliphatic imine (C=N–C) groups is 1. The molecule has 0 aromatic carbocycles. The zero-order valence-electron chi connectivity index (χ0n) is 14.2. The van der Waals surface area contributed by atoms with Crippen LogP contribution < -0.4 is 10.6 Å². The van der Waals surface area contributed by atoms with Crippen molar-refractivity contribution in [1.82, 2.24) is 15.5 Å². The third-order valence-electron chi connectivity index (χ3n) is 4.23. The summed E-state index contributed by atoms with van der Waals surface area (Å²) < 4.78 is 0. The van der Waals surface area contributed by atoms with E-state index in [4.69, 9.17) is 4.99 Å². The molecule has 3 rings (SSSR count). The second-order valence-corrected chi connectivity index (χ2v) is 7.94. The van der Waals surface area contributed by atoms with Gasteiger partial charge in [-0.3, -0.25) is 4.90 Å². The van der Waals surface area contributed by atoms with E-state index in [9.17, 15) is 0 Å². The Hall–Kier alpha value is -1.37. The van der Waals surface area contributed by atoms with Crippen LogP contribution in [-0.4, -0.2) is 37.0 Å². The average molecular weight is 363 g/mol. The third kappa shape index (κ3) is 4.82. The minimum Gasteiger partial charge on any atom is -0.357 e. The van der Waals surface area contributed by atoms with Crippen molar-refractivity contribution in [3.63, 3.8) is 0 Å². The van der Waals surface area contributed by atoms with Gasteiger partial charge in [-0.1, -0.05) is 12.1 Å². The van der Waals surface area contributed by atoms with Crippen LogP contribution in [-0.2, 0) is 6.54 Å². The molecule has 6 heteroatoms. The minimum atomic E-state index is 0.443. The van der Waals surface area contributed by atoms with E-state index in [1.165, 1.54) is 35.7 Å². The summed E-state index contributed by atoms with van der Waals surface area (Å²) in [5.74, 6) is 0.909. The number of nitrogens with one attached hydrogen (secondary N) is 2. The Morgan fingerprint density at radius 1 is 1.17 bits per heavy atom. The molecule has 1 aliphatic rings. The molecule has 0 amide bonds. The molecule has 1 atom stereocenters. The Labute approximate surface area is 152 Å². The monoisotopic (exact) mass is 362 g/mol. The van der Waals surface area contributed by atoms with E-state index in [0.717, 1.165) is 25.6 Å². The quantitative estimate of drug-likeness (QED) is 0.583. The van der Waals surface area contributed by atoms with E-state index in [-0.39, 0.29) is 0 Å². The molecule has 0 saturated carbocycles. The van der Waals surface area contributed by atoms with Crippen LogP contribution in [0.1, 0.15) is 35.6 Å². The van der Waals surface area contributed by atoms with Crippen LogP contribution in [0.2, 0.25) is 0 Å². The van der Waals surface area contributed by atoms with Crippen molar-refractivity contribution in [2.24, 2.45) is 4.99 Å². The Morgan fingerprint density at radius 3 is 2.62 bits per heavy atom. The van der Waals surface area contributed by atoms with E-state index in [0.29, 0.717) is 6.04 Å². The predicted molar refractivity (Wildman–Crippen MR) is 105 cm³/mol. The molecule has 0 bridgehead atoms. The number of likely N-dealkylation sites (tertiary alicyclic amines) is 1. The van der Waals surface area contributed by atoms with Crippen molar-refractivity contribution in [3.8, 4) is 0 Å². The van der Waals surface area contributed by atoms with Gasteiger partial charge in [0.05, 0.1) is 12.6 Å². The maximum absolute atomic E-state index is 4.73. The second-order valence-electron chi connectivity index (χ2n) is 5.93. The molecule has 4 nitrogen and oxygen atoms in total. The molecule has 2 aromatic heterocycles. The first-order valence-electron chi connectivity index (χ1n) is 8.69. The van der Waals surface area contributed by atoms with Gasteiger partial charge in [-0.05, 0) is 55.7 Å². The first-order chi connectivity index (χ1) is 11.9. The van der Waals surface area contributed by atoms with Gasteiger partial charge in [0.2, 0.25) is 0 Å². The molecule has 1 fully saturated rings. The normalized spacial score (nSPS) is 17.1. The van der Waals surface area contributed by atoms with E-state index in [2.05, 4.69) is 57.5 Å². The van der Waals surface area contributed by atoms with Crippen LogP contribution in [0.4, 0.5) is 0 Å². The van der Waals surface area contributed by atoms with Gasteiger partial charge in [0, 0.05) is 22.8 Å². The summed E-state index contributed by atoms with van der Waals surface area (Å²) >= 11 is 3.61. The van der Waals surface area contributed by atoms with Crippen LogP contribution in [0.5, 0.6) is 0 Å². The number of guanidine groups is 1. The van der Waals surface area contributed by atoms with Gasteiger partial charge in [0.15, 0.2) is 5.96 Å². The minimum absolute atomic E-state index is 0.443. The standard InChI is InChI=1S/C18H26N4S2/c1-2-19-18(20-13-15-7-5-11-23-15)21-14-16(17-8-6-12-24-17)22-9-3-4-10-22/h5-8,11-12,16H,2-4,9-10,13-14H2,1H3,(H2,19,20,21). The molecule has 1 unspecified atom stereocenters. The number of hydrogen-bond acceptors (Lipinski definition) is 4. The largest absolute Gasteiger partial charge is 0.357 e. The Balaban J connectivity index is 1.63. The summed E-state index contributed by atoms with van der Waals surface area (Å²) in [6.07, 6.45) is 2.63. The molecule has 3 heterocycles. The van der Waals surface area contributed by atoms with Gasteiger partial charge in [0.1, 0.15) is 0 Å². The van der Waals surface area contributed by atoms with Gasteiger partial charge in [-0.25, -0.2) is 4.99 Å². The lowest BCUT2D eigenvalue weighted by atomic mass is 10.2. The van der Waals surface area contributed by atoms with Gasteiger partial charge < -0.3 is 10.6 Å². The van der Waals surface area contributed by atoms with E-state index in [1.54, 1.807) is 11.3 Å². The summed E-state index contributed by atoms with van der Waals surface area (Å²) in [5.41, 5.74) is 0. The third-order valence-corrected chi connectivity index (χ3v) is 6.07. The molecular weight excluding hydrogens is 336 g/mol. The van der Waals surface area contributed by atoms with Gasteiger partial charge >= 0.3 is 0 Å². The highest BCUT2D eigenvalue weighted by molar-refractivity contribution is 7.10. The fraction of sp³-hybridized carbons (Fsp3) is 0.500. The zero-order valence-corrected chi connectivity index (χ0v) is 15.8. The van der Waals surface area contributed by atoms with Crippen molar-refractivity contribution < 1.29 is 0 Å². The topological polar surface area (TPSA) is 39.7 Å². The highest BCUT2D eigenvalue weighted by Gasteiger charge is 2.24. The van der Waals surface area contributed by atoms with Crippen molar-refractivity contribution in [1.29, 1.82) is 0 Å². The summed E-state index contributed by atoms with van der Waals surface area (Å²) in [4.78, 5) is 10.1. The molecule has 0 spiro atoms. The number of rotatable bonds is 7. The molecule has 1 saturated heterocycles. The van der Waals surface area contributed by atoms with Crippen LogP contribution in [0.25, 0.3) is 0 Å². The van der Waals surface area contributed by atoms with Gasteiger partial charge in [0.25, 0.3) is 0 Å². The van der Waals surface area contributed by atoms with Crippen molar-refractivity contribution >= 4 is 28.6 Å². The lowest BCUT2D eigenvalue weighted by molar-refractivity contribution is 0.249. The maximum atomic E-state index is 4.73. The highest BCUT2D eigenvalue weighted by atomic mass is 32.1. The number of hydrogen-bond donors (Lipinski definition) is 2. The first-order valence-corrected chi connectivity index (χ1v) is 10.4. The molecule has 1 aliphatic heterocycles. The molecule has 130 valence electrons. The summed E-state index contributed by atoms with van der Waals surface area (Å²) in [6.45, 7) is 7.03. The lowest BCUT2D eigenvalue weighted by Crippen LogP contribution is -2.42. The second kappa shape index (κ2) is 9.20. The van der Waals surface area contributed by atoms with Crippen molar-refractivity contribution in [2.75, 3.05) is 26.2 Å². The molecule has 2 aromatic rings. The van der Waals surface area contributed by atoms with Crippen molar-refractivity contribution in [3.05, 3.63) is 44.8 Å². The Kier molecular flexibility index (Phi) is 6.69. The molecule has 0 aliphatic carbocycles. The molecule has 24 heavy (non-hydrogen) atoms. The van der Waals surface area contributed by atoms with Crippen LogP contribution in [0, 0.1) is 0 Å². The fourth-order valence-electron chi connectivity index (χ4n) is 3.04. The van der Waals surface area contributed by atoms with Crippen LogP contribution >= 0.6 is 22.7 Å². The zero-order chi connectivity index (χ0) is 16.6. The maximum Gasteiger partial charge on any atom is 0.191 e. The van der Waals surface area contributed by atoms with Gasteiger partial charge in [-0.15, -0.1) is 22.7 Å². The SMILES string of the molecule is CCNC(=NCc1cccs1)NCC(c1cccs1)N1CCCC1. The lowest BCUT2D eigenvalue weighted by Gasteiger charge is -2.27. The van der Waals surface area contributed by atoms with Crippen LogP contribution in [0.15, 0.2) is 40.0 Å². The summed E-state index contributed by atoms with van der Waals surface area (Å²) in [7, 11) is 0. The van der Waals surface area contributed by atoms with Gasteiger partial charge in [-0.2, -0.15) is 0 Å². The highest BCUT2D eigenvalue weighted by Crippen LogP contribution is 2.27. The van der Waals surface area contributed by atoms with E-state index >= 15 is 0 Å². The van der Waals surface area contributed by atoms with Crippen LogP contribution in [0.3, 0.4) is 0 Å². The molecular formula is C18H26N4S2. The summed E-state index contributed by atoms with van der Waals surface area (Å²) in [6, 6.07) is 9.06. The van der Waals surface area contributed by atoms with E-state index in [1.807, 2.05) is 11.3 Å². The summed E-state index contributed by atoms with van der Waals surface area (Å²) in [5, 5.41) is 11.2. The predicted octanol–water partition coefficient (Wildman–Crippen LogP) is 3.70. The first kappa shape index (κ1) is 17.5. The molecule has 2 N–H and O–H groups in total. The fourth-order valence-corrected chi connectivity index (χ4v) is 4.53. The smallest absolute Gasteiger partial charge is 0.191 e. The van der Waals surface area contributed by atoms with E-state index < -0.39 is 0 Å². The molecule has 0 radical (unpaired) electrons. The van der Waals surface area contributed by atoms with Crippen molar-refractivity contribution in [2.45, 2.75) is 32.4 Å². The Bertz CT molecular complexity index is 601.